The summed E-state index contributed by atoms with van der Waals surface area (Å²) in [6.07, 6.45) is 0.755. The lowest BCUT2D eigenvalue weighted by atomic mass is 10.0. The van der Waals surface area contributed by atoms with E-state index < -0.39 is 0 Å². The van der Waals surface area contributed by atoms with Crippen molar-refractivity contribution in [2.24, 2.45) is 0 Å². The quantitative estimate of drug-likeness (QED) is 0.805. The number of halogens is 2. The number of phenols is 1. The first-order valence-corrected chi connectivity index (χ1v) is 7.43. The molecule has 0 fully saturated rings. The smallest absolute Gasteiger partial charge is 0.144 e. The zero-order valence-corrected chi connectivity index (χ0v) is 13.4. The second-order valence-corrected chi connectivity index (χ2v) is 5.57. The molecule has 0 bridgehead atoms. The lowest BCUT2D eigenvalue weighted by molar-refractivity contribution is 0.412. The Labute approximate surface area is 131 Å². The highest BCUT2D eigenvalue weighted by Crippen LogP contribution is 2.34. The molecule has 0 aromatic heterocycles. The van der Waals surface area contributed by atoms with E-state index >= 15 is 0 Å². The van der Waals surface area contributed by atoms with Gasteiger partial charge in [-0.1, -0.05) is 22.9 Å². The average Bonchev–Trinajstić information content (AvgIpc) is 2.48. The van der Waals surface area contributed by atoms with Crippen LogP contribution in [0.5, 0.6) is 11.5 Å². The van der Waals surface area contributed by atoms with Crippen LogP contribution in [0.15, 0.2) is 40.9 Å². The third kappa shape index (κ3) is 3.67. The maximum Gasteiger partial charge on any atom is 0.144 e. The third-order valence-corrected chi connectivity index (χ3v) is 3.76. The second kappa shape index (κ2) is 6.80. The van der Waals surface area contributed by atoms with Gasteiger partial charge < -0.3 is 15.2 Å². The van der Waals surface area contributed by atoms with Gasteiger partial charge in [0.2, 0.25) is 0 Å². The molecule has 21 heavy (non-hydrogen) atoms. The minimum absolute atomic E-state index is 0.109. The Bertz CT molecular complexity index is 634. The van der Waals surface area contributed by atoms with Crippen LogP contribution < -0.4 is 10.1 Å². The van der Waals surface area contributed by atoms with E-state index in [1.807, 2.05) is 13.0 Å². The summed E-state index contributed by atoms with van der Waals surface area (Å²) in [5, 5.41) is 13.3. The Morgan fingerprint density at radius 2 is 2.05 bits per heavy atom. The zero-order chi connectivity index (χ0) is 15.4. The van der Waals surface area contributed by atoms with Gasteiger partial charge in [0.05, 0.1) is 18.8 Å². The van der Waals surface area contributed by atoms with Crippen LogP contribution in [0.25, 0.3) is 0 Å². The van der Waals surface area contributed by atoms with Crippen molar-refractivity contribution in [3.63, 3.8) is 0 Å². The molecule has 0 spiro atoms. The highest BCUT2D eigenvalue weighted by molar-refractivity contribution is 9.10. The molecule has 0 saturated heterocycles. The maximum atomic E-state index is 13.2. The third-order valence-electron chi connectivity index (χ3n) is 3.27. The Morgan fingerprint density at radius 3 is 2.71 bits per heavy atom. The zero-order valence-electron chi connectivity index (χ0n) is 11.9. The van der Waals surface area contributed by atoms with E-state index in [4.69, 9.17) is 4.74 Å². The molecule has 0 amide bonds. The largest absolute Gasteiger partial charge is 0.508 e. The van der Waals surface area contributed by atoms with Crippen molar-refractivity contribution in [2.75, 3.05) is 12.4 Å². The number of phenolic OH excluding ortho intramolecular Hbond substituents is 1. The first-order valence-electron chi connectivity index (χ1n) is 6.63. The van der Waals surface area contributed by atoms with Gasteiger partial charge in [-0.3, -0.25) is 0 Å². The summed E-state index contributed by atoms with van der Waals surface area (Å²) >= 11 is 3.40. The number of aromatic hydroxyl groups is 1. The lowest BCUT2D eigenvalue weighted by Crippen LogP contribution is -2.11. The number of methoxy groups -OCH3 is 1. The first-order chi connectivity index (χ1) is 10.0. The number of benzene rings is 2. The van der Waals surface area contributed by atoms with Crippen molar-refractivity contribution in [1.82, 2.24) is 0 Å². The average molecular weight is 354 g/mol. The molecule has 1 atom stereocenters. The van der Waals surface area contributed by atoms with Gasteiger partial charge in [0.25, 0.3) is 0 Å². The fourth-order valence-electron chi connectivity index (χ4n) is 2.18. The Balaban J connectivity index is 2.33. The van der Waals surface area contributed by atoms with Crippen LogP contribution in [0.2, 0.25) is 0 Å². The van der Waals surface area contributed by atoms with Crippen LogP contribution in [-0.4, -0.2) is 12.2 Å². The van der Waals surface area contributed by atoms with Gasteiger partial charge in [-0.25, -0.2) is 4.39 Å². The van der Waals surface area contributed by atoms with Gasteiger partial charge in [-0.15, -0.1) is 0 Å². The summed E-state index contributed by atoms with van der Waals surface area (Å²) in [7, 11) is 1.50. The van der Waals surface area contributed by atoms with Crippen molar-refractivity contribution >= 4 is 21.6 Å². The predicted octanol–water partition coefficient (Wildman–Crippen LogP) is 4.87. The molecule has 2 aromatic carbocycles. The van der Waals surface area contributed by atoms with Gasteiger partial charge >= 0.3 is 0 Å². The van der Waals surface area contributed by atoms with Crippen LogP contribution in [0.1, 0.15) is 24.9 Å². The number of nitrogens with one attached hydrogen (secondary N) is 1. The Hall–Kier alpha value is -1.75. The summed E-state index contributed by atoms with van der Waals surface area (Å²) in [5.41, 5.74) is 1.46. The molecule has 2 N–H and O–H groups in total. The fourth-order valence-corrected chi connectivity index (χ4v) is 2.56. The topological polar surface area (TPSA) is 41.5 Å². The summed E-state index contributed by atoms with van der Waals surface area (Å²) < 4.78 is 19.3. The van der Waals surface area contributed by atoms with Gasteiger partial charge in [-0.05, 0) is 36.8 Å². The summed E-state index contributed by atoms with van der Waals surface area (Å²) in [4.78, 5) is 0. The molecule has 1 unspecified atom stereocenters. The van der Waals surface area contributed by atoms with Gasteiger partial charge in [0.1, 0.15) is 17.3 Å². The summed E-state index contributed by atoms with van der Waals surface area (Å²) in [6, 6.07) is 9.52. The molecule has 5 heteroatoms. The van der Waals surface area contributed by atoms with Crippen molar-refractivity contribution in [1.29, 1.82) is 0 Å². The van der Waals surface area contributed by atoms with E-state index in [9.17, 15) is 9.50 Å². The molecular weight excluding hydrogens is 337 g/mol. The van der Waals surface area contributed by atoms with Gasteiger partial charge in [0, 0.05) is 16.1 Å². The predicted molar refractivity (Wildman–Crippen MR) is 85.4 cm³/mol. The normalized spacial score (nSPS) is 12.0. The molecule has 3 nitrogen and oxygen atoms in total. The van der Waals surface area contributed by atoms with E-state index in [-0.39, 0.29) is 17.6 Å². The minimum Gasteiger partial charge on any atom is -0.508 e. The van der Waals surface area contributed by atoms with E-state index in [0.717, 1.165) is 16.5 Å². The van der Waals surface area contributed by atoms with E-state index in [1.165, 1.54) is 19.2 Å². The fraction of sp³-hybridized carbons (Fsp3) is 0.250. The molecule has 112 valence electrons. The maximum absolute atomic E-state index is 13.2. The van der Waals surface area contributed by atoms with Crippen molar-refractivity contribution < 1.29 is 14.2 Å². The van der Waals surface area contributed by atoms with Gasteiger partial charge in [0.15, 0.2) is 0 Å². The monoisotopic (exact) mass is 353 g/mol. The number of anilines is 1. The first kappa shape index (κ1) is 15.6. The lowest BCUT2D eigenvalue weighted by Gasteiger charge is -2.21. The number of rotatable bonds is 5. The second-order valence-electron chi connectivity index (χ2n) is 4.65. The highest BCUT2D eigenvalue weighted by atomic mass is 79.9. The number of ether oxygens (including phenoxy) is 1. The van der Waals surface area contributed by atoms with Crippen LogP contribution in [-0.2, 0) is 0 Å². The number of hydrogen-bond donors (Lipinski definition) is 2. The molecule has 2 rings (SSSR count). The molecule has 0 aliphatic heterocycles. The molecule has 0 radical (unpaired) electrons. The van der Waals surface area contributed by atoms with Crippen molar-refractivity contribution in [2.45, 2.75) is 19.4 Å². The molecule has 0 saturated carbocycles. The summed E-state index contributed by atoms with van der Waals surface area (Å²) in [5.74, 6) is 0.303. The van der Waals surface area contributed by atoms with Crippen LogP contribution >= 0.6 is 15.9 Å². The Kier molecular flexibility index (Phi) is 5.07. The molecule has 0 heterocycles. The van der Waals surface area contributed by atoms with Crippen molar-refractivity contribution in [3.8, 4) is 11.5 Å². The van der Waals surface area contributed by atoms with E-state index in [2.05, 4.69) is 21.2 Å². The van der Waals surface area contributed by atoms with Crippen LogP contribution in [0.4, 0.5) is 10.1 Å². The summed E-state index contributed by atoms with van der Waals surface area (Å²) in [6.45, 7) is 2.01. The van der Waals surface area contributed by atoms with Crippen LogP contribution in [0.3, 0.4) is 0 Å². The SMILES string of the molecule is CCC(Nc1ccc(F)cc1OC)c1cc(Br)ccc1O. The standard InChI is InChI=1S/C16H17BrFNO2/c1-3-13(12-8-10(17)4-7-15(12)20)19-14-6-5-11(18)9-16(14)21-2/h4-9,13,19-20H,3H2,1-2H3. The Morgan fingerprint density at radius 1 is 1.29 bits per heavy atom. The highest BCUT2D eigenvalue weighted by Gasteiger charge is 2.16. The van der Waals surface area contributed by atoms with Crippen molar-refractivity contribution in [3.05, 3.63) is 52.3 Å². The molecular formula is C16H17BrFNO2. The molecule has 2 aromatic rings. The minimum atomic E-state index is -0.351. The number of hydrogen-bond acceptors (Lipinski definition) is 3. The van der Waals surface area contributed by atoms with E-state index in [0.29, 0.717) is 11.4 Å². The molecule has 0 aliphatic carbocycles. The van der Waals surface area contributed by atoms with Crippen LogP contribution in [0, 0.1) is 5.82 Å². The molecule has 0 aliphatic rings. The van der Waals surface area contributed by atoms with Gasteiger partial charge in [-0.2, -0.15) is 0 Å². The van der Waals surface area contributed by atoms with E-state index in [1.54, 1.807) is 18.2 Å².